The number of carbonyl (C=O) groups excluding carboxylic acids is 1. The molecule has 2 N–H and O–H groups in total. The Morgan fingerprint density at radius 3 is 2.79 bits per heavy atom. The van der Waals surface area contributed by atoms with Crippen molar-refractivity contribution in [2.24, 2.45) is 5.92 Å². The summed E-state index contributed by atoms with van der Waals surface area (Å²) in [6.07, 6.45) is 0.739. The Kier molecular flexibility index (Phi) is 3.95. The summed E-state index contributed by atoms with van der Waals surface area (Å²) in [6.45, 7) is 0.923. The van der Waals surface area contributed by atoms with Gasteiger partial charge in [0, 0.05) is 24.5 Å². The van der Waals surface area contributed by atoms with Gasteiger partial charge in [-0.1, -0.05) is 11.6 Å². The topological polar surface area (TPSA) is 77.8 Å². The van der Waals surface area contributed by atoms with E-state index in [1.165, 1.54) is 12.1 Å². The highest BCUT2D eigenvalue weighted by atomic mass is 35.5. The van der Waals surface area contributed by atoms with Crippen LogP contribution >= 0.6 is 11.6 Å². The average Bonchev–Trinajstić information content (AvgIpc) is 2.75. The van der Waals surface area contributed by atoms with Crippen molar-refractivity contribution in [1.29, 1.82) is 0 Å². The van der Waals surface area contributed by atoms with Gasteiger partial charge in [-0.25, -0.2) is 0 Å². The third-order valence-corrected chi connectivity index (χ3v) is 3.46. The first-order chi connectivity index (χ1) is 8.97. The van der Waals surface area contributed by atoms with Crippen molar-refractivity contribution in [2.75, 3.05) is 13.1 Å². The number of hydrogen-bond donors (Lipinski definition) is 2. The quantitative estimate of drug-likeness (QED) is 0.889. The summed E-state index contributed by atoms with van der Waals surface area (Å²) in [4.78, 5) is 24.4. The van der Waals surface area contributed by atoms with Crippen molar-refractivity contribution in [1.82, 2.24) is 4.90 Å². The first-order valence-electron chi connectivity index (χ1n) is 5.97. The van der Waals surface area contributed by atoms with Crippen molar-refractivity contribution >= 4 is 23.5 Å². The normalized spacial score (nSPS) is 18.6. The number of nitrogens with zero attached hydrogens (tertiary/aromatic N) is 1. The molecule has 1 aromatic carbocycles. The maximum atomic E-state index is 12.2. The predicted octanol–water partition coefficient (Wildman–Crippen LogP) is 1.98. The summed E-state index contributed by atoms with van der Waals surface area (Å²) in [5.41, 5.74) is 0.195. The standard InChI is InChI=1S/C13H14ClNO4/c14-9-1-2-10(11(16)6-9)13(19)15-4-3-8(7-15)5-12(17)18/h1-2,6,8,16H,3-5,7H2,(H,17,18). The van der Waals surface area contributed by atoms with Gasteiger partial charge < -0.3 is 15.1 Å². The zero-order chi connectivity index (χ0) is 14.0. The van der Waals surface area contributed by atoms with Crippen LogP contribution in [0.15, 0.2) is 18.2 Å². The third kappa shape index (κ3) is 3.17. The van der Waals surface area contributed by atoms with Gasteiger partial charge in [-0.2, -0.15) is 0 Å². The first kappa shape index (κ1) is 13.7. The molecule has 1 saturated heterocycles. The van der Waals surface area contributed by atoms with Gasteiger partial charge in [0.2, 0.25) is 0 Å². The molecule has 5 nitrogen and oxygen atoms in total. The lowest BCUT2D eigenvalue weighted by molar-refractivity contribution is -0.138. The van der Waals surface area contributed by atoms with Gasteiger partial charge >= 0.3 is 5.97 Å². The van der Waals surface area contributed by atoms with Crippen LogP contribution in [0.25, 0.3) is 0 Å². The lowest BCUT2D eigenvalue weighted by atomic mass is 10.1. The molecule has 19 heavy (non-hydrogen) atoms. The zero-order valence-corrected chi connectivity index (χ0v) is 10.9. The highest BCUT2D eigenvalue weighted by Crippen LogP contribution is 2.26. The number of benzene rings is 1. The highest BCUT2D eigenvalue weighted by molar-refractivity contribution is 6.30. The van der Waals surface area contributed by atoms with E-state index in [9.17, 15) is 14.7 Å². The van der Waals surface area contributed by atoms with E-state index in [1.54, 1.807) is 11.0 Å². The number of phenols is 1. The number of halogens is 1. The van der Waals surface area contributed by atoms with Crippen LogP contribution in [0.1, 0.15) is 23.2 Å². The molecule has 0 radical (unpaired) electrons. The fourth-order valence-electron chi connectivity index (χ4n) is 2.29. The highest BCUT2D eigenvalue weighted by Gasteiger charge is 2.29. The first-order valence-corrected chi connectivity index (χ1v) is 6.34. The summed E-state index contributed by atoms with van der Waals surface area (Å²) in [5, 5.41) is 18.8. The summed E-state index contributed by atoms with van der Waals surface area (Å²) in [5.74, 6) is -1.31. The minimum absolute atomic E-state index is 0.0177. The van der Waals surface area contributed by atoms with Crippen molar-refractivity contribution in [2.45, 2.75) is 12.8 Å². The SMILES string of the molecule is O=C(O)CC1CCN(C(=O)c2ccc(Cl)cc2O)C1. The molecular formula is C13H14ClNO4. The van der Waals surface area contributed by atoms with Crippen LogP contribution in [0, 0.1) is 5.92 Å². The zero-order valence-electron chi connectivity index (χ0n) is 10.2. The second-order valence-corrected chi connectivity index (χ2v) is 5.10. The molecule has 1 aliphatic heterocycles. The van der Waals surface area contributed by atoms with Gasteiger partial charge in [0.15, 0.2) is 0 Å². The number of carbonyl (C=O) groups is 2. The molecule has 1 heterocycles. The number of amides is 1. The minimum atomic E-state index is -0.853. The number of rotatable bonds is 3. The van der Waals surface area contributed by atoms with Gasteiger partial charge in [-0.3, -0.25) is 9.59 Å². The van der Waals surface area contributed by atoms with E-state index in [2.05, 4.69) is 0 Å². The van der Waals surface area contributed by atoms with Crippen molar-refractivity contribution in [3.8, 4) is 5.75 Å². The second-order valence-electron chi connectivity index (χ2n) is 4.67. The summed E-state index contributed by atoms with van der Waals surface area (Å²) >= 11 is 5.71. The van der Waals surface area contributed by atoms with Crippen LogP contribution in [0.3, 0.4) is 0 Å². The van der Waals surface area contributed by atoms with Crippen LogP contribution < -0.4 is 0 Å². The molecule has 0 spiro atoms. The molecule has 6 heteroatoms. The molecule has 0 aromatic heterocycles. The molecule has 1 unspecified atom stereocenters. The molecule has 1 fully saturated rings. The lowest BCUT2D eigenvalue weighted by Crippen LogP contribution is -2.29. The van der Waals surface area contributed by atoms with E-state index in [0.29, 0.717) is 24.5 Å². The van der Waals surface area contributed by atoms with Crippen LogP contribution in [0.4, 0.5) is 0 Å². The van der Waals surface area contributed by atoms with Crippen LogP contribution in [-0.2, 0) is 4.79 Å². The van der Waals surface area contributed by atoms with Gasteiger partial charge in [-0.05, 0) is 30.5 Å². The van der Waals surface area contributed by atoms with Crippen LogP contribution in [0.5, 0.6) is 5.75 Å². The molecule has 2 rings (SSSR count). The number of carboxylic acids is 1. The number of carboxylic acid groups (broad SMARTS) is 1. The molecular weight excluding hydrogens is 270 g/mol. The van der Waals surface area contributed by atoms with E-state index in [4.69, 9.17) is 16.7 Å². The third-order valence-electron chi connectivity index (χ3n) is 3.23. The van der Waals surface area contributed by atoms with E-state index in [-0.39, 0.29) is 29.6 Å². The molecule has 0 bridgehead atoms. The maximum Gasteiger partial charge on any atom is 0.303 e. The van der Waals surface area contributed by atoms with Crippen LogP contribution in [-0.4, -0.2) is 40.1 Å². The molecule has 1 atom stereocenters. The molecule has 1 aliphatic rings. The number of likely N-dealkylation sites (tertiary alicyclic amines) is 1. The van der Waals surface area contributed by atoms with Crippen molar-refractivity contribution in [3.05, 3.63) is 28.8 Å². The Balaban J connectivity index is 2.07. The molecule has 1 aromatic rings. The Morgan fingerprint density at radius 1 is 1.42 bits per heavy atom. The van der Waals surface area contributed by atoms with Crippen molar-refractivity contribution < 1.29 is 19.8 Å². The number of aromatic hydroxyl groups is 1. The largest absolute Gasteiger partial charge is 0.507 e. The summed E-state index contributed by atoms with van der Waals surface area (Å²) in [6, 6.07) is 4.34. The van der Waals surface area contributed by atoms with Gasteiger partial charge in [0.05, 0.1) is 5.56 Å². The molecule has 0 aliphatic carbocycles. The second kappa shape index (κ2) is 5.48. The molecule has 102 valence electrons. The smallest absolute Gasteiger partial charge is 0.303 e. The van der Waals surface area contributed by atoms with Crippen LogP contribution in [0.2, 0.25) is 5.02 Å². The maximum absolute atomic E-state index is 12.2. The van der Waals surface area contributed by atoms with Gasteiger partial charge in [0.25, 0.3) is 5.91 Å². The van der Waals surface area contributed by atoms with E-state index >= 15 is 0 Å². The predicted molar refractivity (Wildman–Crippen MR) is 69.4 cm³/mol. The fourth-order valence-corrected chi connectivity index (χ4v) is 2.45. The lowest BCUT2D eigenvalue weighted by Gasteiger charge is -2.17. The van der Waals surface area contributed by atoms with E-state index in [0.717, 1.165) is 0 Å². The number of aliphatic carboxylic acids is 1. The summed E-state index contributed by atoms with van der Waals surface area (Å²) in [7, 11) is 0. The minimum Gasteiger partial charge on any atom is -0.507 e. The Bertz CT molecular complexity index is 517. The average molecular weight is 284 g/mol. The fraction of sp³-hybridized carbons (Fsp3) is 0.385. The Labute approximate surface area is 115 Å². The van der Waals surface area contributed by atoms with E-state index < -0.39 is 5.97 Å². The monoisotopic (exact) mass is 283 g/mol. The molecule has 1 amide bonds. The van der Waals surface area contributed by atoms with E-state index in [1.807, 2.05) is 0 Å². The van der Waals surface area contributed by atoms with Gasteiger partial charge in [-0.15, -0.1) is 0 Å². The van der Waals surface area contributed by atoms with Crippen molar-refractivity contribution in [3.63, 3.8) is 0 Å². The number of hydrogen-bond acceptors (Lipinski definition) is 3. The molecule has 0 saturated carbocycles. The van der Waals surface area contributed by atoms with Gasteiger partial charge in [0.1, 0.15) is 5.75 Å². The Hall–Kier alpha value is -1.75. The summed E-state index contributed by atoms with van der Waals surface area (Å²) < 4.78 is 0. The Morgan fingerprint density at radius 2 is 2.16 bits per heavy atom. The number of phenolic OH excluding ortho intramolecular Hbond substituents is 1.